The second-order valence-electron chi connectivity index (χ2n) is 4.24. The van der Waals surface area contributed by atoms with Gasteiger partial charge in [-0.15, -0.1) is 0 Å². The summed E-state index contributed by atoms with van der Waals surface area (Å²) in [6.45, 7) is 5.37. The van der Waals surface area contributed by atoms with Gasteiger partial charge in [-0.2, -0.15) is 0 Å². The molecule has 0 saturated carbocycles. The molecule has 0 aliphatic heterocycles. The van der Waals surface area contributed by atoms with Crippen LogP contribution in [0.25, 0.3) is 0 Å². The zero-order chi connectivity index (χ0) is 12.3. The monoisotopic (exact) mass is 233 g/mol. The SMILES string of the molecule is CCCc1nccn1Cc1cc(C)c(CN)o1. The maximum atomic E-state index is 5.70. The van der Waals surface area contributed by atoms with Crippen LogP contribution in [0.3, 0.4) is 0 Å². The molecule has 0 saturated heterocycles. The van der Waals surface area contributed by atoms with Crippen LogP contribution in [0.1, 0.15) is 36.3 Å². The molecule has 2 aromatic heterocycles. The van der Waals surface area contributed by atoms with Gasteiger partial charge in [-0.25, -0.2) is 4.98 Å². The van der Waals surface area contributed by atoms with Gasteiger partial charge in [0, 0.05) is 18.8 Å². The summed E-state index contributed by atoms with van der Waals surface area (Å²) in [4.78, 5) is 4.35. The van der Waals surface area contributed by atoms with Crippen molar-refractivity contribution in [1.82, 2.24) is 9.55 Å². The van der Waals surface area contributed by atoms with E-state index in [0.717, 1.165) is 42.3 Å². The second kappa shape index (κ2) is 5.19. The van der Waals surface area contributed by atoms with Crippen molar-refractivity contribution in [2.75, 3.05) is 0 Å². The Hall–Kier alpha value is -1.55. The number of nitrogens with two attached hydrogens (primary N) is 1. The summed E-state index contributed by atoms with van der Waals surface area (Å²) in [7, 11) is 0. The van der Waals surface area contributed by atoms with E-state index in [-0.39, 0.29) is 0 Å². The molecule has 0 spiro atoms. The quantitative estimate of drug-likeness (QED) is 0.861. The van der Waals surface area contributed by atoms with Gasteiger partial charge in [0.1, 0.15) is 17.3 Å². The molecule has 0 atom stereocenters. The number of rotatable bonds is 5. The first-order chi connectivity index (χ1) is 8.24. The first-order valence-electron chi connectivity index (χ1n) is 6.02. The molecule has 2 N–H and O–H groups in total. The Balaban J connectivity index is 2.16. The van der Waals surface area contributed by atoms with Crippen LogP contribution in [0, 0.1) is 6.92 Å². The van der Waals surface area contributed by atoms with Crippen molar-refractivity contribution in [2.24, 2.45) is 5.73 Å². The summed E-state index contributed by atoms with van der Waals surface area (Å²) in [6, 6.07) is 2.05. The Morgan fingerprint density at radius 1 is 1.47 bits per heavy atom. The highest BCUT2D eigenvalue weighted by atomic mass is 16.3. The number of imidazole rings is 1. The van der Waals surface area contributed by atoms with Crippen molar-refractivity contribution >= 4 is 0 Å². The number of hydrogen-bond donors (Lipinski definition) is 1. The highest BCUT2D eigenvalue weighted by Crippen LogP contribution is 2.16. The lowest BCUT2D eigenvalue weighted by molar-refractivity contribution is 0.450. The molecule has 0 fully saturated rings. The molecule has 0 aliphatic carbocycles. The largest absolute Gasteiger partial charge is 0.463 e. The number of hydrogen-bond acceptors (Lipinski definition) is 3. The van der Waals surface area contributed by atoms with Crippen LogP contribution in [0.2, 0.25) is 0 Å². The normalized spacial score (nSPS) is 11.0. The topological polar surface area (TPSA) is 57.0 Å². The van der Waals surface area contributed by atoms with E-state index >= 15 is 0 Å². The van der Waals surface area contributed by atoms with Gasteiger partial charge in [0.25, 0.3) is 0 Å². The summed E-state index contributed by atoms with van der Waals surface area (Å²) < 4.78 is 7.82. The van der Waals surface area contributed by atoms with Crippen molar-refractivity contribution in [3.05, 3.63) is 41.4 Å². The third-order valence-corrected chi connectivity index (χ3v) is 2.86. The predicted molar refractivity (Wildman–Crippen MR) is 66.7 cm³/mol. The lowest BCUT2D eigenvalue weighted by Gasteiger charge is -2.04. The van der Waals surface area contributed by atoms with Gasteiger partial charge in [0.15, 0.2) is 0 Å². The maximum Gasteiger partial charge on any atom is 0.124 e. The van der Waals surface area contributed by atoms with Gasteiger partial charge >= 0.3 is 0 Å². The summed E-state index contributed by atoms with van der Waals surface area (Å²) >= 11 is 0. The highest BCUT2D eigenvalue weighted by molar-refractivity contribution is 5.20. The zero-order valence-corrected chi connectivity index (χ0v) is 10.4. The van der Waals surface area contributed by atoms with Crippen LogP contribution in [0.5, 0.6) is 0 Å². The molecular formula is C13H19N3O. The first-order valence-corrected chi connectivity index (χ1v) is 6.02. The lowest BCUT2D eigenvalue weighted by atomic mass is 10.2. The molecule has 2 heterocycles. The smallest absolute Gasteiger partial charge is 0.124 e. The van der Waals surface area contributed by atoms with E-state index in [0.29, 0.717) is 6.54 Å². The fraction of sp³-hybridized carbons (Fsp3) is 0.462. The Kier molecular flexibility index (Phi) is 3.64. The minimum atomic E-state index is 0.456. The Morgan fingerprint density at radius 2 is 2.29 bits per heavy atom. The molecule has 2 rings (SSSR count). The minimum Gasteiger partial charge on any atom is -0.463 e. The summed E-state index contributed by atoms with van der Waals surface area (Å²) in [5, 5.41) is 0. The van der Waals surface area contributed by atoms with Crippen LogP contribution in [-0.4, -0.2) is 9.55 Å². The molecule has 0 bridgehead atoms. The zero-order valence-electron chi connectivity index (χ0n) is 10.4. The van der Waals surface area contributed by atoms with E-state index < -0.39 is 0 Å². The molecule has 0 radical (unpaired) electrons. The Morgan fingerprint density at radius 3 is 2.94 bits per heavy atom. The highest BCUT2D eigenvalue weighted by Gasteiger charge is 2.08. The van der Waals surface area contributed by atoms with E-state index in [1.54, 1.807) is 0 Å². The molecule has 92 valence electrons. The third-order valence-electron chi connectivity index (χ3n) is 2.86. The molecule has 17 heavy (non-hydrogen) atoms. The summed E-state index contributed by atoms with van der Waals surface area (Å²) in [6.07, 6.45) is 5.92. The standard InChI is InChI=1S/C13H19N3O/c1-3-4-13-15-5-6-16(13)9-11-7-10(2)12(8-14)17-11/h5-7H,3-4,8-9,14H2,1-2H3. The summed E-state index contributed by atoms with van der Waals surface area (Å²) in [5.41, 5.74) is 6.73. The predicted octanol–water partition coefficient (Wildman–Crippen LogP) is 2.24. The number of furan rings is 1. The van der Waals surface area contributed by atoms with Crippen LogP contribution >= 0.6 is 0 Å². The van der Waals surface area contributed by atoms with Gasteiger partial charge in [-0.1, -0.05) is 6.92 Å². The van der Waals surface area contributed by atoms with E-state index in [9.17, 15) is 0 Å². The Bertz CT molecular complexity index is 485. The summed E-state index contributed by atoms with van der Waals surface area (Å²) in [5.74, 6) is 2.92. The van der Waals surface area contributed by atoms with Crippen molar-refractivity contribution in [3.63, 3.8) is 0 Å². The van der Waals surface area contributed by atoms with Crippen LogP contribution in [0.4, 0.5) is 0 Å². The molecule has 0 amide bonds. The van der Waals surface area contributed by atoms with Gasteiger partial charge < -0.3 is 14.7 Å². The minimum absolute atomic E-state index is 0.456. The lowest BCUT2D eigenvalue weighted by Crippen LogP contribution is -2.03. The van der Waals surface area contributed by atoms with E-state index in [2.05, 4.69) is 22.5 Å². The van der Waals surface area contributed by atoms with Gasteiger partial charge in [0.05, 0.1) is 13.1 Å². The third kappa shape index (κ3) is 2.58. The van der Waals surface area contributed by atoms with Gasteiger partial charge in [-0.05, 0) is 25.0 Å². The average Bonchev–Trinajstić information content (AvgIpc) is 2.87. The molecule has 4 nitrogen and oxygen atoms in total. The fourth-order valence-corrected chi connectivity index (χ4v) is 1.97. The number of nitrogens with zero attached hydrogens (tertiary/aromatic N) is 2. The second-order valence-corrected chi connectivity index (χ2v) is 4.24. The van der Waals surface area contributed by atoms with Gasteiger partial charge in [0.2, 0.25) is 0 Å². The van der Waals surface area contributed by atoms with E-state index in [1.807, 2.05) is 19.3 Å². The molecular weight excluding hydrogens is 214 g/mol. The number of aryl methyl sites for hydroxylation is 2. The van der Waals surface area contributed by atoms with E-state index in [1.165, 1.54) is 0 Å². The molecule has 0 aromatic carbocycles. The fourth-order valence-electron chi connectivity index (χ4n) is 1.97. The van der Waals surface area contributed by atoms with Gasteiger partial charge in [-0.3, -0.25) is 0 Å². The molecule has 0 unspecified atom stereocenters. The first kappa shape index (κ1) is 11.9. The maximum absolute atomic E-state index is 5.70. The molecule has 2 aromatic rings. The Labute approximate surface area is 101 Å². The van der Waals surface area contributed by atoms with Crippen LogP contribution < -0.4 is 5.73 Å². The molecule has 0 aliphatic rings. The van der Waals surface area contributed by atoms with Crippen LogP contribution in [-0.2, 0) is 19.5 Å². The average molecular weight is 233 g/mol. The van der Waals surface area contributed by atoms with Crippen molar-refractivity contribution < 1.29 is 4.42 Å². The van der Waals surface area contributed by atoms with Crippen molar-refractivity contribution in [2.45, 2.75) is 39.8 Å². The molecule has 4 heteroatoms. The number of aromatic nitrogens is 2. The van der Waals surface area contributed by atoms with Crippen LogP contribution in [0.15, 0.2) is 22.9 Å². The van der Waals surface area contributed by atoms with Crippen molar-refractivity contribution in [1.29, 1.82) is 0 Å². The van der Waals surface area contributed by atoms with Crippen molar-refractivity contribution in [3.8, 4) is 0 Å². The van der Waals surface area contributed by atoms with E-state index in [4.69, 9.17) is 10.2 Å².